The largest absolute Gasteiger partial charge is 0.351 e. The van der Waals surface area contributed by atoms with E-state index in [0.717, 1.165) is 36.1 Å². The summed E-state index contributed by atoms with van der Waals surface area (Å²) in [5.41, 5.74) is 2.17. The zero-order chi connectivity index (χ0) is 22.5. The van der Waals surface area contributed by atoms with E-state index in [-0.39, 0.29) is 30.1 Å². The molecule has 3 aromatic rings. The minimum absolute atomic E-state index is 0.108. The Balaban J connectivity index is 1.77. The van der Waals surface area contributed by atoms with Crippen LogP contribution in [0.2, 0.25) is 0 Å². The van der Waals surface area contributed by atoms with Crippen molar-refractivity contribution in [3.63, 3.8) is 0 Å². The highest BCUT2D eigenvalue weighted by atomic mass is 32.1. The van der Waals surface area contributed by atoms with E-state index >= 15 is 0 Å². The van der Waals surface area contributed by atoms with Crippen LogP contribution in [0.15, 0.2) is 66.0 Å². The minimum atomic E-state index is -0.884. The maximum absolute atomic E-state index is 13.7. The van der Waals surface area contributed by atoms with E-state index in [4.69, 9.17) is 0 Å². The Hall–Kier alpha value is -2.99. The lowest BCUT2D eigenvalue weighted by Gasteiger charge is -2.33. The molecule has 1 aliphatic rings. The summed E-state index contributed by atoms with van der Waals surface area (Å²) in [6, 6.07) is 16.5. The van der Waals surface area contributed by atoms with E-state index < -0.39 is 6.04 Å². The van der Waals surface area contributed by atoms with Gasteiger partial charge < -0.3 is 5.32 Å². The quantitative estimate of drug-likeness (QED) is 0.511. The molecule has 1 saturated carbocycles. The molecule has 1 heterocycles. The van der Waals surface area contributed by atoms with Gasteiger partial charge in [-0.15, -0.1) is 11.3 Å². The van der Waals surface area contributed by atoms with Gasteiger partial charge in [-0.25, -0.2) is 4.39 Å². The van der Waals surface area contributed by atoms with Crippen molar-refractivity contribution < 1.29 is 14.0 Å². The molecule has 32 heavy (non-hydrogen) atoms. The van der Waals surface area contributed by atoms with E-state index in [2.05, 4.69) is 5.32 Å². The van der Waals surface area contributed by atoms with Crippen molar-refractivity contribution in [3.8, 4) is 0 Å². The third-order valence-corrected chi connectivity index (χ3v) is 6.82. The van der Waals surface area contributed by atoms with Crippen LogP contribution in [0.5, 0.6) is 0 Å². The fraction of sp³-hybridized carbons (Fsp3) is 0.308. The molecule has 1 fully saturated rings. The van der Waals surface area contributed by atoms with Crippen LogP contribution in [0.3, 0.4) is 0 Å². The number of nitrogens with zero attached hydrogens (tertiary/aromatic N) is 1. The molecule has 166 valence electrons. The number of benzene rings is 2. The topological polar surface area (TPSA) is 49.4 Å². The zero-order valence-corrected chi connectivity index (χ0v) is 18.9. The molecule has 1 aromatic heterocycles. The average molecular weight is 451 g/mol. The maximum atomic E-state index is 13.7. The van der Waals surface area contributed by atoms with Gasteiger partial charge in [-0.1, -0.05) is 49.2 Å². The van der Waals surface area contributed by atoms with Crippen LogP contribution in [0.1, 0.15) is 47.7 Å². The summed E-state index contributed by atoms with van der Waals surface area (Å²) in [6.45, 7) is 1.93. The first-order chi connectivity index (χ1) is 15.5. The number of para-hydroxylation sites is 1. The second-order valence-electron chi connectivity index (χ2n) is 8.25. The van der Waals surface area contributed by atoms with Crippen molar-refractivity contribution in [2.75, 3.05) is 4.90 Å². The Kier molecular flexibility index (Phi) is 7.00. The number of thiophene rings is 1. The number of carbonyl (C=O) groups excluding carboxylic acids is 2. The standard InChI is InChI=1S/C26H27FN2O2S/c1-18-7-2-5-11-23(18)29(24(30)17-22-10-6-16-32-22)25(19-12-14-20(27)15-13-19)26(31)28-21-8-3-4-9-21/h2,5-7,10-16,21,25H,3-4,8-9,17H2,1H3,(H,28,31). The van der Waals surface area contributed by atoms with Crippen LogP contribution < -0.4 is 10.2 Å². The van der Waals surface area contributed by atoms with Gasteiger partial charge in [0.25, 0.3) is 0 Å². The van der Waals surface area contributed by atoms with Crippen LogP contribution in [0.25, 0.3) is 0 Å². The fourth-order valence-electron chi connectivity index (χ4n) is 4.31. The molecular weight excluding hydrogens is 423 g/mol. The molecule has 2 amide bonds. The number of hydrogen-bond donors (Lipinski definition) is 1. The molecular formula is C26H27FN2O2S. The number of nitrogens with one attached hydrogen (secondary N) is 1. The molecule has 1 unspecified atom stereocenters. The lowest BCUT2D eigenvalue weighted by molar-refractivity contribution is -0.127. The molecule has 4 rings (SSSR count). The molecule has 1 N–H and O–H groups in total. The molecule has 0 aliphatic heterocycles. The Morgan fingerprint density at radius 3 is 2.44 bits per heavy atom. The van der Waals surface area contributed by atoms with Crippen molar-refractivity contribution in [2.45, 2.75) is 51.1 Å². The van der Waals surface area contributed by atoms with Crippen LogP contribution >= 0.6 is 11.3 Å². The first kappa shape index (κ1) is 22.2. The van der Waals surface area contributed by atoms with Gasteiger partial charge in [0.1, 0.15) is 11.9 Å². The Labute approximate surface area is 192 Å². The van der Waals surface area contributed by atoms with Crippen LogP contribution in [-0.2, 0) is 16.0 Å². The number of halogens is 1. The van der Waals surface area contributed by atoms with E-state index in [1.54, 1.807) is 17.0 Å². The summed E-state index contributed by atoms with van der Waals surface area (Å²) in [7, 11) is 0. The van der Waals surface area contributed by atoms with E-state index in [1.807, 2.05) is 48.7 Å². The monoisotopic (exact) mass is 450 g/mol. The van der Waals surface area contributed by atoms with Crippen molar-refractivity contribution in [2.24, 2.45) is 0 Å². The van der Waals surface area contributed by atoms with Crippen molar-refractivity contribution in [1.29, 1.82) is 0 Å². The van der Waals surface area contributed by atoms with Crippen LogP contribution in [0.4, 0.5) is 10.1 Å². The summed E-state index contributed by atoms with van der Waals surface area (Å²) in [5.74, 6) is -0.778. The number of anilines is 1. The molecule has 6 heteroatoms. The Morgan fingerprint density at radius 2 is 1.78 bits per heavy atom. The highest BCUT2D eigenvalue weighted by molar-refractivity contribution is 7.10. The summed E-state index contributed by atoms with van der Waals surface area (Å²) in [5, 5.41) is 5.09. The van der Waals surface area contributed by atoms with Gasteiger partial charge in [0, 0.05) is 16.6 Å². The first-order valence-corrected chi connectivity index (χ1v) is 11.9. The van der Waals surface area contributed by atoms with Crippen molar-refractivity contribution >= 4 is 28.8 Å². The maximum Gasteiger partial charge on any atom is 0.248 e. The van der Waals surface area contributed by atoms with Crippen molar-refractivity contribution in [1.82, 2.24) is 5.32 Å². The zero-order valence-electron chi connectivity index (χ0n) is 18.1. The molecule has 1 aliphatic carbocycles. The van der Waals surface area contributed by atoms with Gasteiger partial charge in [-0.05, 0) is 60.5 Å². The SMILES string of the molecule is Cc1ccccc1N(C(=O)Cc1cccs1)C(C(=O)NC1CCCC1)c1ccc(F)cc1. The summed E-state index contributed by atoms with van der Waals surface area (Å²) in [4.78, 5) is 29.8. The van der Waals surface area contributed by atoms with E-state index in [0.29, 0.717) is 11.3 Å². The van der Waals surface area contributed by atoms with Crippen LogP contribution in [-0.4, -0.2) is 17.9 Å². The predicted molar refractivity (Wildman–Crippen MR) is 126 cm³/mol. The lowest BCUT2D eigenvalue weighted by Crippen LogP contribution is -2.47. The van der Waals surface area contributed by atoms with Gasteiger partial charge in [-0.3, -0.25) is 14.5 Å². The number of rotatable bonds is 7. The van der Waals surface area contributed by atoms with Gasteiger partial charge in [-0.2, -0.15) is 0 Å². The summed E-state index contributed by atoms with van der Waals surface area (Å²) < 4.78 is 13.7. The van der Waals surface area contributed by atoms with Gasteiger partial charge >= 0.3 is 0 Å². The Morgan fingerprint density at radius 1 is 1.06 bits per heavy atom. The highest BCUT2D eigenvalue weighted by Gasteiger charge is 2.35. The third kappa shape index (κ3) is 5.07. The molecule has 2 aromatic carbocycles. The van der Waals surface area contributed by atoms with Gasteiger partial charge in [0.15, 0.2) is 0 Å². The van der Waals surface area contributed by atoms with Gasteiger partial charge in [0.2, 0.25) is 11.8 Å². The Bertz CT molecular complexity index is 1060. The first-order valence-electron chi connectivity index (χ1n) is 11.0. The molecule has 0 spiro atoms. The molecule has 0 saturated heterocycles. The van der Waals surface area contributed by atoms with E-state index in [9.17, 15) is 14.0 Å². The summed E-state index contributed by atoms with van der Waals surface area (Å²) >= 11 is 1.51. The fourth-order valence-corrected chi connectivity index (χ4v) is 5.01. The number of carbonyl (C=O) groups is 2. The van der Waals surface area contributed by atoms with Gasteiger partial charge in [0.05, 0.1) is 6.42 Å². The predicted octanol–water partition coefficient (Wildman–Crippen LogP) is 5.57. The lowest BCUT2D eigenvalue weighted by atomic mass is 10.0. The third-order valence-electron chi connectivity index (χ3n) is 5.94. The molecule has 0 radical (unpaired) electrons. The second kappa shape index (κ2) is 10.1. The van der Waals surface area contributed by atoms with Crippen LogP contribution in [0, 0.1) is 12.7 Å². The highest BCUT2D eigenvalue weighted by Crippen LogP contribution is 2.32. The number of aryl methyl sites for hydroxylation is 1. The molecule has 4 nitrogen and oxygen atoms in total. The summed E-state index contributed by atoms with van der Waals surface area (Å²) in [6.07, 6.45) is 4.25. The molecule has 1 atom stereocenters. The minimum Gasteiger partial charge on any atom is -0.351 e. The van der Waals surface area contributed by atoms with Crippen molar-refractivity contribution in [3.05, 3.63) is 87.9 Å². The normalized spacial score (nSPS) is 14.8. The average Bonchev–Trinajstić information content (AvgIpc) is 3.48. The van der Waals surface area contributed by atoms with E-state index in [1.165, 1.54) is 23.5 Å². The smallest absolute Gasteiger partial charge is 0.248 e. The number of hydrogen-bond acceptors (Lipinski definition) is 3. The number of amides is 2. The molecule has 0 bridgehead atoms. The second-order valence-corrected chi connectivity index (χ2v) is 9.28.